The third-order valence-electron chi connectivity index (χ3n) is 3.16. The smallest absolute Gasteiger partial charge is 0.152 e. The molecular formula is C12H21N3O3S. The number of hydrogen-bond acceptors (Lipinski definition) is 6. The maximum atomic E-state index is 11.3. The first-order valence-corrected chi connectivity index (χ1v) is 8.49. The highest BCUT2D eigenvalue weighted by molar-refractivity contribution is 7.91. The van der Waals surface area contributed by atoms with E-state index in [-0.39, 0.29) is 11.5 Å². The van der Waals surface area contributed by atoms with E-state index in [1.807, 2.05) is 6.07 Å². The first-order valence-electron chi connectivity index (χ1n) is 6.67. The molecule has 1 aliphatic heterocycles. The molecule has 1 aromatic rings. The van der Waals surface area contributed by atoms with Gasteiger partial charge in [-0.3, -0.25) is 4.90 Å². The number of hydrogen-bond donors (Lipinski definition) is 1. The van der Waals surface area contributed by atoms with Crippen LogP contribution in [0.1, 0.15) is 24.8 Å². The van der Waals surface area contributed by atoms with Crippen LogP contribution < -0.4 is 5.32 Å². The Morgan fingerprint density at radius 3 is 2.84 bits per heavy atom. The van der Waals surface area contributed by atoms with Crippen molar-refractivity contribution >= 4 is 9.84 Å². The van der Waals surface area contributed by atoms with Gasteiger partial charge in [-0.2, -0.15) is 0 Å². The Labute approximate surface area is 114 Å². The Balaban J connectivity index is 1.80. The summed E-state index contributed by atoms with van der Waals surface area (Å²) in [4.78, 5) is 2.09. The first-order chi connectivity index (χ1) is 9.09. The van der Waals surface area contributed by atoms with Crippen LogP contribution in [-0.2, 0) is 22.9 Å². The summed E-state index contributed by atoms with van der Waals surface area (Å²) in [5, 5.41) is 7.26. The molecule has 1 fully saturated rings. The maximum absolute atomic E-state index is 11.3. The molecule has 1 aliphatic rings. The first kappa shape index (κ1) is 14.5. The van der Waals surface area contributed by atoms with Gasteiger partial charge in [0.1, 0.15) is 0 Å². The van der Waals surface area contributed by atoms with E-state index in [2.05, 4.69) is 22.3 Å². The predicted molar refractivity (Wildman–Crippen MR) is 72.4 cm³/mol. The van der Waals surface area contributed by atoms with Crippen molar-refractivity contribution in [2.75, 3.05) is 31.1 Å². The van der Waals surface area contributed by atoms with Gasteiger partial charge in [0.2, 0.25) is 0 Å². The topological polar surface area (TPSA) is 75.4 Å². The number of nitrogens with one attached hydrogen (secondary N) is 1. The van der Waals surface area contributed by atoms with Crippen molar-refractivity contribution in [3.05, 3.63) is 17.5 Å². The minimum atomic E-state index is -2.82. The van der Waals surface area contributed by atoms with Crippen LogP contribution in [-0.4, -0.2) is 49.6 Å². The minimum Gasteiger partial charge on any atom is -0.360 e. The quantitative estimate of drug-likeness (QED) is 0.764. The summed E-state index contributed by atoms with van der Waals surface area (Å²) < 4.78 is 27.9. The molecule has 0 aliphatic carbocycles. The molecule has 1 aromatic heterocycles. The monoisotopic (exact) mass is 287 g/mol. The van der Waals surface area contributed by atoms with Gasteiger partial charge in [0.05, 0.1) is 23.7 Å². The predicted octanol–water partition coefficient (Wildman–Crippen LogP) is 0.405. The molecule has 0 saturated carbocycles. The van der Waals surface area contributed by atoms with E-state index >= 15 is 0 Å². The lowest BCUT2D eigenvalue weighted by Crippen LogP contribution is -2.39. The number of rotatable bonds is 6. The summed E-state index contributed by atoms with van der Waals surface area (Å²) in [6.07, 6.45) is 1.09. The molecule has 2 heterocycles. The van der Waals surface area contributed by atoms with E-state index in [1.165, 1.54) is 0 Å². The van der Waals surface area contributed by atoms with Gasteiger partial charge >= 0.3 is 0 Å². The van der Waals surface area contributed by atoms with Gasteiger partial charge in [-0.05, 0) is 13.0 Å². The second-order valence-electron chi connectivity index (χ2n) is 4.89. The van der Waals surface area contributed by atoms with Crippen LogP contribution in [0.5, 0.6) is 0 Å². The van der Waals surface area contributed by atoms with Gasteiger partial charge in [0.25, 0.3) is 0 Å². The maximum Gasteiger partial charge on any atom is 0.152 e. The molecule has 0 bridgehead atoms. The van der Waals surface area contributed by atoms with Crippen molar-refractivity contribution in [3.63, 3.8) is 0 Å². The van der Waals surface area contributed by atoms with E-state index in [0.29, 0.717) is 26.2 Å². The van der Waals surface area contributed by atoms with Crippen LogP contribution in [0.3, 0.4) is 0 Å². The molecule has 108 valence electrons. The largest absolute Gasteiger partial charge is 0.360 e. The fraction of sp³-hybridized carbons (Fsp3) is 0.750. The lowest BCUT2D eigenvalue weighted by molar-refractivity contribution is 0.246. The van der Waals surface area contributed by atoms with Crippen molar-refractivity contribution in [2.45, 2.75) is 26.4 Å². The van der Waals surface area contributed by atoms with Crippen molar-refractivity contribution in [1.29, 1.82) is 0 Å². The zero-order valence-electron chi connectivity index (χ0n) is 11.3. The van der Waals surface area contributed by atoms with E-state index in [9.17, 15) is 8.42 Å². The van der Waals surface area contributed by atoms with E-state index in [4.69, 9.17) is 4.52 Å². The molecule has 0 unspecified atom stereocenters. The average Bonchev–Trinajstić information content (AvgIpc) is 2.80. The second-order valence-corrected chi connectivity index (χ2v) is 7.19. The molecule has 19 heavy (non-hydrogen) atoms. The summed E-state index contributed by atoms with van der Waals surface area (Å²) in [5.74, 6) is 1.28. The lowest BCUT2D eigenvalue weighted by atomic mass is 10.3. The molecule has 0 radical (unpaired) electrons. The molecule has 2 rings (SSSR count). The fourth-order valence-electron chi connectivity index (χ4n) is 2.04. The lowest BCUT2D eigenvalue weighted by Gasteiger charge is -2.25. The Bertz CT molecular complexity index is 484. The molecule has 0 spiro atoms. The zero-order chi connectivity index (χ0) is 13.7. The highest BCUT2D eigenvalue weighted by atomic mass is 32.2. The number of nitrogens with zero attached hydrogens (tertiary/aromatic N) is 2. The Morgan fingerprint density at radius 2 is 2.16 bits per heavy atom. The van der Waals surface area contributed by atoms with Crippen LogP contribution >= 0.6 is 0 Å². The standard InChI is InChI=1S/C12H21N3O3S/c1-2-3-13-9-11-8-12(18-14-11)10-15-4-6-19(16,17)7-5-15/h8,13H,2-7,9-10H2,1H3. The molecule has 0 atom stereocenters. The number of sulfone groups is 1. The Hall–Kier alpha value is -0.920. The van der Waals surface area contributed by atoms with Gasteiger partial charge in [-0.1, -0.05) is 12.1 Å². The summed E-state index contributed by atoms with van der Waals surface area (Å²) >= 11 is 0. The van der Waals surface area contributed by atoms with Crippen LogP contribution in [0.15, 0.2) is 10.6 Å². The average molecular weight is 287 g/mol. The minimum absolute atomic E-state index is 0.242. The molecule has 1 N–H and O–H groups in total. The van der Waals surface area contributed by atoms with E-state index < -0.39 is 9.84 Å². The summed E-state index contributed by atoms with van der Waals surface area (Å²) in [6.45, 7) is 5.58. The summed E-state index contributed by atoms with van der Waals surface area (Å²) in [5.41, 5.74) is 0.896. The van der Waals surface area contributed by atoms with Crippen LogP contribution in [0.25, 0.3) is 0 Å². The molecular weight excluding hydrogens is 266 g/mol. The molecule has 7 heteroatoms. The highest BCUT2D eigenvalue weighted by Gasteiger charge is 2.22. The molecule has 0 aromatic carbocycles. The van der Waals surface area contributed by atoms with E-state index in [0.717, 1.165) is 24.4 Å². The van der Waals surface area contributed by atoms with Crippen LogP contribution in [0, 0.1) is 0 Å². The van der Waals surface area contributed by atoms with Gasteiger partial charge in [-0.25, -0.2) is 8.42 Å². The SMILES string of the molecule is CCCNCc1cc(CN2CCS(=O)(=O)CC2)on1. The van der Waals surface area contributed by atoms with Crippen molar-refractivity contribution in [3.8, 4) is 0 Å². The van der Waals surface area contributed by atoms with Crippen molar-refractivity contribution in [2.24, 2.45) is 0 Å². The zero-order valence-corrected chi connectivity index (χ0v) is 12.1. The van der Waals surface area contributed by atoms with Gasteiger partial charge in [0, 0.05) is 25.7 Å². The van der Waals surface area contributed by atoms with Gasteiger partial charge in [-0.15, -0.1) is 0 Å². The van der Waals surface area contributed by atoms with Crippen LogP contribution in [0.4, 0.5) is 0 Å². The van der Waals surface area contributed by atoms with Crippen molar-refractivity contribution < 1.29 is 12.9 Å². The highest BCUT2D eigenvalue weighted by Crippen LogP contribution is 2.11. The summed E-state index contributed by atoms with van der Waals surface area (Å²) in [7, 11) is -2.82. The van der Waals surface area contributed by atoms with Crippen LogP contribution in [0.2, 0.25) is 0 Å². The molecule has 1 saturated heterocycles. The third-order valence-corrected chi connectivity index (χ3v) is 4.77. The van der Waals surface area contributed by atoms with Gasteiger partial charge < -0.3 is 9.84 Å². The Morgan fingerprint density at radius 1 is 1.42 bits per heavy atom. The Kier molecular flexibility index (Phi) is 4.95. The fourth-order valence-corrected chi connectivity index (χ4v) is 3.31. The molecule has 0 amide bonds. The number of aromatic nitrogens is 1. The van der Waals surface area contributed by atoms with Crippen molar-refractivity contribution in [1.82, 2.24) is 15.4 Å². The third kappa shape index (κ3) is 4.59. The molecule has 6 nitrogen and oxygen atoms in total. The second kappa shape index (κ2) is 6.49. The summed E-state index contributed by atoms with van der Waals surface area (Å²) in [6, 6.07) is 1.94. The van der Waals surface area contributed by atoms with Gasteiger partial charge in [0.15, 0.2) is 15.6 Å². The van der Waals surface area contributed by atoms with E-state index in [1.54, 1.807) is 0 Å². The normalized spacial score (nSPS) is 19.6.